The van der Waals surface area contributed by atoms with Crippen molar-refractivity contribution in [3.8, 4) is 0 Å². The van der Waals surface area contributed by atoms with Crippen molar-refractivity contribution in [1.82, 2.24) is 15.2 Å². The number of carbonyl (C=O) groups is 2. The quantitative estimate of drug-likeness (QED) is 0.466. The van der Waals surface area contributed by atoms with Crippen molar-refractivity contribution in [1.29, 1.82) is 0 Å². The van der Waals surface area contributed by atoms with Gasteiger partial charge in [0.05, 0.1) is 17.7 Å². The van der Waals surface area contributed by atoms with Crippen molar-refractivity contribution in [3.63, 3.8) is 0 Å². The topological polar surface area (TPSA) is 75.4 Å². The maximum Gasteiger partial charge on any atom is 0.416 e. The van der Waals surface area contributed by atoms with E-state index < -0.39 is 47.4 Å². The summed E-state index contributed by atoms with van der Waals surface area (Å²) in [6, 6.07) is 0.589. The number of halogens is 6. The summed E-state index contributed by atoms with van der Waals surface area (Å²) in [5, 5.41) is 2.44. The van der Waals surface area contributed by atoms with Gasteiger partial charge in [-0.1, -0.05) is 12.2 Å². The fraction of sp³-hybridized carbons (Fsp3) is 0.250. The predicted molar refractivity (Wildman–Crippen MR) is 100 cm³/mol. The molecular formula is C20H17F6N3O3. The van der Waals surface area contributed by atoms with Gasteiger partial charge in [-0.3, -0.25) is 9.59 Å². The minimum absolute atomic E-state index is 0.0726. The monoisotopic (exact) mass is 461 g/mol. The molecule has 2 amide bonds. The summed E-state index contributed by atoms with van der Waals surface area (Å²) in [5.74, 6) is -1.90. The number of hydrogen-bond acceptors (Lipinski definition) is 4. The van der Waals surface area contributed by atoms with Gasteiger partial charge >= 0.3 is 12.4 Å². The van der Waals surface area contributed by atoms with Gasteiger partial charge in [-0.2, -0.15) is 26.3 Å². The van der Waals surface area contributed by atoms with E-state index in [2.05, 4.69) is 23.5 Å². The van der Waals surface area contributed by atoms with Crippen molar-refractivity contribution in [2.75, 3.05) is 13.1 Å². The highest BCUT2D eigenvalue weighted by molar-refractivity contribution is 5.95. The van der Waals surface area contributed by atoms with Crippen LogP contribution in [0.25, 0.3) is 0 Å². The Kier molecular flexibility index (Phi) is 7.49. The summed E-state index contributed by atoms with van der Waals surface area (Å²) >= 11 is 0. The van der Waals surface area contributed by atoms with E-state index in [1.54, 1.807) is 0 Å². The summed E-state index contributed by atoms with van der Waals surface area (Å²) in [6.45, 7) is 6.33. The zero-order valence-electron chi connectivity index (χ0n) is 16.4. The molecule has 2 rings (SSSR count). The lowest BCUT2D eigenvalue weighted by Crippen LogP contribution is -2.31. The van der Waals surface area contributed by atoms with E-state index >= 15 is 0 Å². The van der Waals surface area contributed by atoms with Crippen molar-refractivity contribution in [2.24, 2.45) is 0 Å². The Hall–Kier alpha value is -3.57. The average Bonchev–Trinajstić information content (AvgIpc) is 3.18. The van der Waals surface area contributed by atoms with Gasteiger partial charge in [0.2, 0.25) is 5.89 Å². The van der Waals surface area contributed by atoms with E-state index in [4.69, 9.17) is 4.42 Å². The molecule has 1 heterocycles. The Morgan fingerprint density at radius 2 is 1.62 bits per heavy atom. The number of hydrogen-bond donors (Lipinski definition) is 1. The number of alkyl halides is 6. The van der Waals surface area contributed by atoms with Crippen molar-refractivity contribution in [3.05, 3.63) is 78.0 Å². The molecule has 0 saturated heterocycles. The number of benzene rings is 1. The Morgan fingerprint density at radius 3 is 2.12 bits per heavy atom. The van der Waals surface area contributed by atoms with Crippen LogP contribution >= 0.6 is 0 Å². The second-order valence-electron chi connectivity index (χ2n) is 6.39. The summed E-state index contributed by atoms with van der Waals surface area (Å²) in [5.41, 5.74) is -4.20. The third kappa shape index (κ3) is 6.22. The largest absolute Gasteiger partial charge is 0.446 e. The van der Waals surface area contributed by atoms with Gasteiger partial charge in [0.1, 0.15) is 6.26 Å². The Balaban J connectivity index is 2.36. The number of amides is 2. The molecule has 12 heteroatoms. The second kappa shape index (κ2) is 9.71. The molecule has 0 spiro atoms. The molecule has 1 aromatic heterocycles. The molecule has 0 bridgehead atoms. The normalized spacial score (nSPS) is 11.7. The van der Waals surface area contributed by atoms with Gasteiger partial charge in [-0.05, 0) is 18.2 Å². The number of carbonyl (C=O) groups excluding carboxylic acids is 2. The van der Waals surface area contributed by atoms with Crippen LogP contribution in [0.5, 0.6) is 0 Å². The first-order chi connectivity index (χ1) is 14.9. The first kappa shape index (κ1) is 24.7. The van der Waals surface area contributed by atoms with Crippen LogP contribution < -0.4 is 5.32 Å². The molecule has 0 aliphatic carbocycles. The van der Waals surface area contributed by atoms with Crippen molar-refractivity contribution < 1.29 is 40.3 Å². The molecular weight excluding hydrogens is 444 g/mol. The summed E-state index contributed by atoms with van der Waals surface area (Å²) in [7, 11) is 0. The first-order valence-electron chi connectivity index (χ1n) is 8.90. The van der Waals surface area contributed by atoms with Gasteiger partial charge < -0.3 is 14.6 Å². The molecule has 0 aliphatic heterocycles. The van der Waals surface area contributed by atoms with Crippen LogP contribution in [0, 0.1) is 0 Å². The molecule has 0 atom stereocenters. The third-order valence-electron chi connectivity index (χ3n) is 3.99. The van der Waals surface area contributed by atoms with E-state index in [1.165, 1.54) is 12.2 Å². The van der Waals surface area contributed by atoms with Gasteiger partial charge in [0.15, 0.2) is 5.69 Å². The van der Waals surface area contributed by atoms with Crippen LogP contribution in [-0.4, -0.2) is 34.8 Å². The number of aromatic nitrogens is 1. The summed E-state index contributed by atoms with van der Waals surface area (Å²) in [6.07, 6.45) is -6.56. The SMILES string of the molecule is C=CCNC(=O)c1coc(CN(CC=C)C(=O)c2cc(C(F)(F)F)cc(C(F)(F)F)c2)n1. The lowest BCUT2D eigenvalue weighted by atomic mass is 10.0. The zero-order chi connectivity index (χ0) is 24.1. The molecule has 172 valence electrons. The molecule has 0 fully saturated rings. The molecule has 0 radical (unpaired) electrons. The summed E-state index contributed by atoms with van der Waals surface area (Å²) in [4.78, 5) is 29.4. The van der Waals surface area contributed by atoms with Crippen LogP contribution in [0.1, 0.15) is 37.9 Å². The molecule has 1 aromatic carbocycles. The second-order valence-corrected chi connectivity index (χ2v) is 6.39. The fourth-order valence-corrected chi connectivity index (χ4v) is 2.54. The first-order valence-corrected chi connectivity index (χ1v) is 8.90. The van der Waals surface area contributed by atoms with Crippen LogP contribution in [0.15, 0.2) is 54.2 Å². The fourth-order valence-electron chi connectivity index (χ4n) is 2.54. The van der Waals surface area contributed by atoms with Gasteiger partial charge in [0, 0.05) is 18.7 Å². The standard InChI is InChI=1S/C20H17F6N3O3/c1-3-5-27-17(30)15-11-32-16(28-15)10-29(6-4-2)18(31)12-7-13(19(21,22)23)9-14(8-12)20(24,25)26/h3-4,7-9,11H,1-2,5-6,10H2,(H,27,30). The van der Waals surface area contributed by atoms with Crippen LogP contribution in [0.3, 0.4) is 0 Å². The molecule has 2 aromatic rings. The molecule has 0 saturated carbocycles. The highest BCUT2D eigenvalue weighted by atomic mass is 19.4. The Labute approximate surface area is 178 Å². The number of nitrogens with zero attached hydrogens (tertiary/aromatic N) is 2. The maximum absolute atomic E-state index is 13.1. The smallest absolute Gasteiger partial charge is 0.416 e. The van der Waals surface area contributed by atoms with Crippen molar-refractivity contribution >= 4 is 11.8 Å². The minimum atomic E-state index is -5.10. The molecule has 32 heavy (non-hydrogen) atoms. The lowest BCUT2D eigenvalue weighted by molar-refractivity contribution is -0.143. The third-order valence-corrected chi connectivity index (χ3v) is 3.99. The van der Waals surface area contributed by atoms with E-state index in [1.807, 2.05) is 0 Å². The van der Waals surface area contributed by atoms with Crippen LogP contribution in [0.2, 0.25) is 0 Å². The highest BCUT2D eigenvalue weighted by Gasteiger charge is 2.38. The molecule has 0 aliphatic rings. The molecule has 1 N–H and O–H groups in total. The zero-order valence-corrected chi connectivity index (χ0v) is 16.4. The van der Waals surface area contributed by atoms with E-state index in [0.717, 1.165) is 11.2 Å². The van der Waals surface area contributed by atoms with E-state index in [-0.39, 0.29) is 30.7 Å². The molecule has 6 nitrogen and oxygen atoms in total. The van der Waals surface area contributed by atoms with Crippen molar-refractivity contribution in [2.45, 2.75) is 18.9 Å². The molecule has 0 unspecified atom stereocenters. The maximum atomic E-state index is 13.1. The predicted octanol–water partition coefficient (Wildman–Crippen LogP) is 4.46. The van der Waals surface area contributed by atoms with Gasteiger partial charge in [-0.15, -0.1) is 13.2 Å². The number of oxazole rings is 1. The van der Waals surface area contributed by atoms with Crippen LogP contribution in [0.4, 0.5) is 26.3 Å². The summed E-state index contributed by atoms with van der Waals surface area (Å²) < 4.78 is 83.6. The Bertz CT molecular complexity index is 978. The number of nitrogens with one attached hydrogen (secondary N) is 1. The average molecular weight is 461 g/mol. The lowest BCUT2D eigenvalue weighted by Gasteiger charge is -2.21. The van der Waals surface area contributed by atoms with Gasteiger partial charge in [-0.25, -0.2) is 4.98 Å². The van der Waals surface area contributed by atoms with Crippen LogP contribution in [-0.2, 0) is 18.9 Å². The highest BCUT2D eigenvalue weighted by Crippen LogP contribution is 2.36. The van der Waals surface area contributed by atoms with E-state index in [9.17, 15) is 35.9 Å². The number of rotatable bonds is 8. The van der Waals surface area contributed by atoms with Gasteiger partial charge in [0.25, 0.3) is 11.8 Å². The Morgan fingerprint density at radius 1 is 1.03 bits per heavy atom. The van der Waals surface area contributed by atoms with E-state index in [0.29, 0.717) is 12.1 Å². The minimum Gasteiger partial charge on any atom is -0.446 e.